The maximum Gasteiger partial charge on any atom is 0.573 e. The van der Waals surface area contributed by atoms with Crippen LogP contribution in [0.2, 0.25) is 0 Å². The van der Waals surface area contributed by atoms with Crippen molar-refractivity contribution < 1.29 is 17.9 Å². The number of rotatable bonds is 10. The molecule has 1 nitrogen and oxygen atoms in total. The van der Waals surface area contributed by atoms with E-state index in [0.29, 0.717) is 0 Å². The highest BCUT2D eigenvalue weighted by Gasteiger charge is 2.32. The highest BCUT2D eigenvalue weighted by molar-refractivity contribution is 5.27. The molecule has 4 heteroatoms. The molecule has 1 aromatic rings. The van der Waals surface area contributed by atoms with E-state index in [2.05, 4.69) is 11.7 Å². The predicted octanol–water partition coefficient (Wildman–Crippen LogP) is 9.10. The van der Waals surface area contributed by atoms with Crippen LogP contribution in [-0.4, -0.2) is 6.36 Å². The van der Waals surface area contributed by atoms with Crippen LogP contribution in [0.4, 0.5) is 13.2 Å². The Morgan fingerprint density at radius 1 is 0.742 bits per heavy atom. The lowest BCUT2D eigenvalue weighted by molar-refractivity contribution is -0.274. The number of unbranched alkanes of at least 4 members (excludes halogenated alkanes) is 3. The van der Waals surface area contributed by atoms with E-state index >= 15 is 0 Å². The molecule has 0 amide bonds. The highest BCUT2D eigenvalue weighted by atomic mass is 19.4. The van der Waals surface area contributed by atoms with Gasteiger partial charge in [-0.25, -0.2) is 0 Å². The molecule has 2 fully saturated rings. The van der Waals surface area contributed by atoms with Crippen molar-refractivity contribution in [2.75, 3.05) is 0 Å². The van der Waals surface area contributed by atoms with Crippen LogP contribution in [0.5, 0.6) is 5.75 Å². The fourth-order valence-corrected chi connectivity index (χ4v) is 5.98. The molecule has 0 atom stereocenters. The van der Waals surface area contributed by atoms with E-state index in [4.69, 9.17) is 0 Å². The topological polar surface area (TPSA) is 9.23 Å². The molecule has 2 aliphatic rings. The summed E-state index contributed by atoms with van der Waals surface area (Å²) in [7, 11) is 0. The average molecular weight is 439 g/mol. The van der Waals surface area contributed by atoms with Crippen LogP contribution in [0.1, 0.15) is 102 Å². The van der Waals surface area contributed by atoms with Gasteiger partial charge < -0.3 is 4.74 Å². The first-order chi connectivity index (χ1) is 14.9. The Kier molecular flexibility index (Phi) is 9.59. The highest BCUT2D eigenvalue weighted by Crippen LogP contribution is 2.43. The van der Waals surface area contributed by atoms with Gasteiger partial charge in [0.15, 0.2) is 0 Å². The summed E-state index contributed by atoms with van der Waals surface area (Å²) in [5.74, 6) is 3.55. The Morgan fingerprint density at radius 2 is 1.29 bits per heavy atom. The number of alkyl halides is 3. The Morgan fingerprint density at radius 3 is 1.81 bits per heavy atom. The van der Waals surface area contributed by atoms with E-state index in [1.807, 2.05) is 0 Å². The number of aryl methyl sites for hydroxylation is 1. The SMILES string of the molecule is CCCCCC[C@H]1CC[C@H](C2CCC(CCc3ccc(OC(F)(F)F)cc3)CC2)CC1. The largest absolute Gasteiger partial charge is 0.573 e. The average Bonchev–Trinajstić information content (AvgIpc) is 2.76. The lowest BCUT2D eigenvalue weighted by Crippen LogP contribution is -2.26. The summed E-state index contributed by atoms with van der Waals surface area (Å²) in [6.45, 7) is 2.29. The lowest BCUT2D eigenvalue weighted by Gasteiger charge is -2.38. The van der Waals surface area contributed by atoms with E-state index in [-0.39, 0.29) is 5.75 Å². The van der Waals surface area contributed by atoms with Crippen LogP contribution < -0.4 is 4.74 Å². The van der Waals surface area contributed by atoms with Crippen molar-refractivity contribution in [3.8, 4) is 5.75 Å². The Labute approximate surface area is 187 Å². The van der Waals surface area contributed by atoms with Gasteiger partial charge in [-0.2, -0.15) is 0 Å². The molecule has 0 aromatic heterocycles. The van der Waals surface area contributed by atoms with Gasteiger partial charge in [-0.05, 0) is 79.9 Å². The van der Waals surface area contributed by atoms with Crippen molar-refractivity contribution in [1.29, 1.82) is 0 Å². The van der Waals surface area contributed by atoms with Crippen molar-refractivity contribution in [3.05, 3.63) is 29.8 Å². The molecule has 3 rings (SSSR count). The van der Waals surface area contributed by atoms with Crippen LogP contribution in [0, 0.1) is 23.7 Å². The van der Waals surface area contributed by atoms with Crippen LogP contribution in [-0.2, 0) is 6.42 Å². The molecule has 176 valence electrons. The third-order valence-corrected chi connectivity index (χ3v) is 7.91. The molecule has 0 bridgehead atoms. The zero-order valence-corrected chi connectivity index (χ0v) is 19.3. The quantitative estimate of drug-likeness (QED) is 0.331. The fourth-order valence-electron chi connectivity index (χ4n) is 5.98. The van der Waals surface area contributed by atoms with Crippen molar-refractivity contribution in [2.24, 2.45) is 23.7 Å². The number of hydrogen-bond donors (Lipinski definition) is 0. The van der Waals surface area contributed by atoms with E-state index in [1.54, 1.807) is 12.1 Å². The summed E-state index contributed by atoms with van der Waals surface area (Å²) < 4.78 is 40.8. The van der Waals surface area contributed by atoms with E-state index in [1.165, 1.54) is 95.6 Å². The zero-order chi connectivity index (χ0) is 22.1. The Balaban J connectivity index is 1.30. The third-order valence-electron chi connectivity index (χ3n) is 7.91. The van der Waals surface area contributed by atoms with E-state index in [9.17, 15) is 13.2 Å². The minimum atomic E-state index is -4.62. The van der Waals surface area contributed by atoms with E-state index < -0.39 is 6.36 Å². The molecule has 0 radical (unpaired) electrons. The monoisotopic (exact) mass is 438 g/mol. The first kappa shape index (κ1) is 24.5. The smallest absolute Gasteiger partial charge is 0.406 e. The Bertz CT molecular complexity index is 608. The zero-order valence-electron chi connectivity index (χ0n) is 19.3. The van der Waals surface area contributed by atoms with Crippen LogP contribution >= 0.6 is 0 Å². The molecule has 0 aliphatic heterocycles. The second-order valence-corrected chi connectivity index (χ2v) is 10.1. The van der Waals surface area contributed by atoms with Gasteiger partial charge in [-0.3, -0.25) is 0 Å². The molecule has 2 saturated carbocycles. The molecule has 0 N–H and O–H groups in total. The summed E-state index contributed by atoms with van der Waals surface area (Å²) in [5.41, 5.74) is 1.11. The minimum Gasteiger partial charge on any atom is -0.406 e. The van der Waals surface area contributed by atoms with Crippen LogP contribution in [0.3, 0.4) is 0 Å². The van der Waals surface area contributed by atoms with Gasteiger partial charge in [0.1, 0.15) is 5.75 Å². The minimum absolute atomic E-state index is 0.132. The maximum atomic E-state index is 12.3. The fraction of sp³-hybridized carbons (Fsp3) is 0.778. The van der Waals surface area contributed by atoms with Gasteiger partial charge in [-0.15, -0.1) is 13.2 Å². The normalized spacial score (nSPS) is 27.2. The maximum absolute atomic E-state index is 12.3. The number of ether oxygens (including phenoxy) is 1. The first-order valence-electron chi connectivity index (χ1n) is 12.8. The van der Waals surface area contributed by atoms with E-state index in [0.717, 1.165) is 42.1 Å². The lowest BCUT2D eigenvalue weighted by atomic mass is 9.68. The van der Waals surface area contributed by atoms with Gasteiger partial charge in [0, 0.05) is 0 Å². The summed E-state index contributed by atoms with van der Waals surface area (Å²) in [4.78, 5) is 0. The second kappa shape index (κ2) is 12.2. The second-order valence-electron chi connectivity index (χ2n) is 10.1. The molecule has 1 aromatic carbocycles. The predicted molar refractivity (Wildman–Crippen MR) is 121 cm³/mol. The van der Waals surface area contributed by atoms with Gasteiger partial charge in [0.05, 0.1) is 0 Å². The molecule has 2 aliphatic carbocycles. The van der Waals surface area contributed by atoms with Crippen molar-refractivity contribution in [2.45, 2.75) is 110 Å². The van der Waals surface area contributed by atoms with Gasteiger partial charge in [-0.1, -0.05) is 76.8 Å². The number of halogens is 3. The summed E-state index contributed by atoms with van der Waals surface area (Å²) >= 11 is 0. The molecule has 0 spiro atoms. The summed E-state index contributed by atoms with van der Waals surface area (Å²) in [5, 5.41) is 0. The standard InChI is InChI=1S/C27H41F3O/c1-2-3-4-5-6-21-9-15-24(16-10-21)25-17-11-22(12-18-25)7-8-23-13-19-26(20-14-23)31-27(28,29)30/h13-14,19-22,24-25H,2-12,15-18H2,1H3/t21-,22?,24-,25?. The van der Waals surface area contributed by atoms with Gasteiger partial charge in [0.2, 0.25) is 0 Å². The van der Waals surface area contributed by atoms with Gasteiger partial charge >= 0.3 is 6.36 Å². The first-order valence-corrected chi connectivity index (χ1v) is 12.8. The summed E-state index contributed by atoms with van der Waals surface area (Å²) in [6, 6.07) is 6.40. The van der Waals surface area contributed by atoms with Crippen molar-refractivity contribution >= 4 is 0 Å². The summed E-state index contributed by atoms with van der Waals surface area (Å²) in [6.07, 6.45) is 15.8. The third kappa shape index (κ3) is 8.69. The Hall–Kier alpha value is -1.19. The van der Waals surface area contributed by atoms with Gasteiger partial charge in [0.25, 0.3) is 0 Å². The molecular formula is C27H41F3O. The van der Waals surface area contributed by atoms with Crippen LogP contribution in [0.15, 0.2) is 24.3 Å². The molecule has 0 saturated heterocycles. The molecular weight excluding hydrogens is 397 g/mol. The van der Waals surface area contributed by atoms with Crippen molar-refractivity contribution in [3.63, 3.8) is 0 Å². The van der Waals surface area contributed by atoms with Crippen molar-refractivity contribution in [1.82, 2.24) is 0 Å². The number of hydrogen-bond acceptors (Lipinski definition) is 1. The molecule has 0 unspecified atom stereocenters. The number of benzene rings is 1. The van der Waals surface area contributed by atoms with Crippen LogP contribution in [0.25, 0.3) is 0 Å². The molecule has 31 heavy (non-hydrogen) atoms. The molecule has 0 heterocycles.